The molecule has 1 aliphatic carbocycles. The third-order valence-corrected chi connectivity index (χ3v) is 6.27. The molecule has 0 saturated heterocycles. The minimum Gasteiger partial charge on any atom is -0.298 e. The van der Waals surface area contributed by atoms with E-state index in [1.54, 1.807) is 0 Å². The zero-order valence-corrected chi connectivity index (χ0v) is 18.2. The molecule has 0 spiro atoms. The van der Waals surface area contributed by atoms with Gasteiger partial charge < -0.3 is 0 Å². The molecular weight excluding hydrogens is 410 g/mol. The molecular formula is C29H25NO3. The molecule has 33 heavy (non-hydrogen) atoms. The third kappa shape index (κ3) is 5.10. The summed E-state index contributed by atoms with van der Waals surface area (Å²) in [4.78, 5) is 24.4. The second-order valence-electron chi connectivity index (χ2n) is 8.26. The summed E-state index contributed by atoms with van der Waals surface area (Å²) in [5.74, 6) is 5.26. The highest BCUT2D eigenvalue weighted by Gasteiger charge is 2.48. The van der Waals surface area contributed by atoms with E-state index in [9.17, 15) is 14.9 Å². The number of benzene rings is 3. The normalized spacial score (nSPS) is 21.9. The Morgan fingerprint density at radius 2 is 1.42 bits per heavy atom. The molecule has 3 aromatic rings. The minimum absolute atomic E-state index is 0.159. The second-order valence-corrected chi connectivity index (χ2v) is 8.26. The molecule has 0 bridgehead atoms. The molecule has 4 heteroatoms. The molecule has 0 fully saturated rings. The Labute approximate surface area is 194 Å². The van der Waals surface area contributed by atoms with Crippen LogP contribution in [0.2, 0.25) is 0 Å². The molecule has 0 aromatic heterocycles. The van der Waals surface area contributed by atoms with E-state index in [1.165, 1.54) is 0 Å². The van der Waals surface area contributed by atoms with E-state index in [4.69, 9.17) is 0 Å². The Kier molecular flexibility index (Phi) is 7.12. The summed E-state index contributed by atoms with van der Waals surface area (Å²) >= 11 is 0. The molecule has 164 valence electrons. The van der Waals surface area contributed by atoms with Gasteiger partial charge in [0.25, 0.3) is 0 Å². The quantitative estimate of drug-likeness (QED) is 0.213. The highest BCUT2D eigenvalue weighted by atomic mass is 16.6. The Hall–Kier alpha value is -3.97. The number of nitro groups is 1. The first kappa shape index (κ1) is 22.2. The second kappa shape index (κ2) is 10.6. The summed E-state index contributed by atoms with van der Waals surface area (Å²) in [6.07, 6.45) is 3.97. The summed E-state index contributed by atoms with van der Waals surface area (Å²) in [5, 5.41) is 12.5. The molecule has 1 aliphatic rings. The summed E-state index contributed by atoms with van der Waals surface area (Å²) in [7, 11) is 0. The van der Waals surface area contributed by atoms with Gasteiger partial charge in [0, 0.05) is 22.5 Å². The molecule has 3 aromatic carbocycles. The van der Waals surface area contributed by atoms with Gasteiger partial charge in [0.05, 0.1) is 11.8 Å². The fraction of sp³-hybridized carbons (Fsp3) is 0.207. The number of rotatable bonds is 6. The van der Waals surface area contributed by atoms with Gasteiger partial charge in [-0.2, -0.15) is 0 Å². The molecule has 4 atom stereocenters. The summed E-state index contributed by atoms with van der Waals surface area (Å²) in [6.45, 7) is 0. The van der Waals surface area contributed by atoms with Crippen LogP contribution >= 0.6 is 0 Å². The first-order chi connectivity index (χ1) is 16.2. The molecule has 0 heterocycles. The van der Waals surface area contributed by atoms with Crippen molar-refractivity contribution >= 4 is 6.29 Å². The minimum atomic E-state index is -0.938. The topological polar surface area (TPSA) is 60.2 Å². The van der Waals surface area contributed by atoms with Crippen LogP contribution < -0.4 is 0 Å². The highest BCUT2D eigenvalue weighted by Crippen LogP contribution is 2.46. The molecule has 0 aliphatic heterocycles. The van der Waals surface area contributed by atoms with Crippen molar-refractivity contribution in [1.29, 1.82) is 0 Å². The number of hydrogen-bond donors (Lipinski definition) is 0. The number of nitrogens with zero attached hydrogens (tertiary/aromatic N) is 1. The molecule has 0 N–H and O–H groups in total. The third-order valence-electron chi connectivity index (χ3n) is 6.27. The van der Waals surface area contributed by atoms with Gasteiger partial charge in [-0.15, -0.1) is 0 Å². The van der Waals surface area contributed by atoms with Crippen LogP contribution in [-0.2, 0) is 4.79 Å². The van der Waals surface area contributed by atoms with Crippen LogP contribution in [-0.4, -0.2) is 17.3 Å². The maximum absolute atomic E-state index is 12.5. The Morgan fingerprint density at radius 3 is 2.00 bits per heavy atom. The lowest BCUT2D eigenvalue weighted by Crippen LogP contribution is -2.41. The Morgan fingerprint density at radius 1 is 0.848 bits per heavy atom. The molecule has 0 amide bonds. The van der Waals surface area contributed by atoms with Crippen molar-refractivity contribution in [2.75, 3.05) is 0 Å². The van der Waals surface area contributed by atoms with Gasteiger partial charge in [-0.3, -0.25) is 14.9 Å². The maximum atomic E-state index is 12.5. The summed E-state index contributed by atoms with van der Waals surface area (Å²) in [6, 6.07) is 27.8. The van der Waals surface area contributed by atoms with E-state index in [0.29, 0.717) is 18.4 Å². The standard InChI is InChI=1S/C29H25NO3/c31-21-26-20-25(19-11-10-14-22-12-4-1-5-13-22)27(23-15-6-2-7-16-23)29(30(32)33)28(26)24-17-8-3-9-18-24/h1-9,12-13,15-18,20-21,25,27-29H,11,19H2/t25-,27+,28+,29+/m0/s1. The fourth-order valence-electron chi connectivity index (χ4n) is 4.84. The maximum Gasteiger partial charge on any atom is 0.231 e. The van der Waals surface area contributed by atoms with Gasteiger partial charge >= 0.3 is 0 Å². The van der Waals surface area contributed by atoms with E-state index in [-0.39, 0.29) is 16.8 Å². The zero-order valence-electron chi connectivity index (χ0n) is 18.2. The molecule has 0 saturated carbocycles. The van der Waals surface area contributed by atoms with E-state index >= 15 is 0 Å². The lowest BCUT2D eigenvalue weighted by molar-refractivity contribution is -0.531. The first-order valence-electron chi connectivity index (χ1n) is 11.1. The number of aldehydes is 1. The van der Waals surface area contributed by atoms with Crippen molar-refractivity contribution in [2.24, 2.45) is 5.92 Å². The van der Waals surface area contributed by atoms with Crippen LogP contribution in [0.4, 0.5) is 0 Å². The van der Waals surface area contributed by atoms with Crippen LogP contribution in [0.1, 0.15) is 41.4 Å². The van der Waals surface area contributed by atoms with Gasteiger partial charge in [0.15, 0.2) is 0 Å². The zero-order chi connectivity index (χ0) is 23.0. The van der Waals surface area contributed by atoms with Crippen molar-refractivity contribution in [3.63, 3.8) is 0 Å². The summed E-state index contributed by atoms with van der Waals surface area (Å²) in [5.41, 5.74) is 3.14. The molecule has 4 rings (SSSR count). The van der Waals surface area contributed by atoms with Crippen molar-refractivity contribution in [2.45, 2.75) is 30.7 Å². The molecule has 0 unspecified atom stereocenters. The van der Waals surface area contributed by atoms with Crippen LogP contribution in [0.5, 0.6) is 0 Å². The Balaban J connectivity index is 1.72. The lowest BCUT2D eigenvalue weighted by Gasteiger charge is -2.37. The number of carbonyl (C=O) groups is 1. The van der Waals surface area contributed by atoms with Crippen molar-refractivity contribution < 1.29 is 9.72 Å². The van der Waals surface area contributed by atoms with Crippen LogP contribution in [0.3, 0.4) is 0 Å². The summed E-state index contributed by atoms with van der Waals surface area (Å²) < 4.78 is 0. The Bertz CT molecular complexity index is 1180. The number of carbonyl (C=O) groups excluding carboxylic acids is 1. The van der Waals surface area contributed by atoms with Gasteiger partial charge in [-0.25, -0.2) is 0 Å². The predicted octanol–water partition coefficient (Wildman–Crippen LogP) is 5.79. The highest BCUT2D eigenvalue weighted by molar-refractivity contribution is 5.77. The van der Waals surface area contributed by atoms with E-state index < -0.39 is 12.0 Å². The smallest absolute Gasteiger partial charge is 0.231 e. The van der Waals surface area contributed by atoms with Crippen LogP contribution in [0.25, 0.3) is 0 Å². The van der Waals surface area contributed by atoms with E-state index in [1.807, 2.05) is 97.1 Å². The van der Waals surface area contributed by atoms with E-state index in [2.05, 4.69) is 11.8 Å². The van der Waals surface area contributed by atoms with Crippen molar-refractivity contribution in [3.05, 3.63) is 129 Å². The SMILES string of the molecule is O=CC1=C[C@H](CCC#Cc2ccccc2)[C@@H](c2ccccc2)[C@@H]([N+](=O)[O-])[C@@H]1c1ccccc1. The first-order valence-corrected chi connectivity index (χ1v) is 11.1. The van der Waals surface area contributed by atoms with Crippen LogP contribution in [0, 0.1) is 27.9 Å². The molecule has 0 radical (unpaired) electrons. The van der Waals surface area contributed by atoms with Gasteiger partial charge in [0.1, 0.15) is 6.29 Å². The number of hydrogen-bond acceptors (Lipinski definition) is 3. The predicted molar refractivity (Wildman–Crippen MR) is 129 cm³/mol. The van der Waals surface area contributed by atoms with Crippen molar-refractivity contribution in [3.8, 4) is 11.8 Å². The van der Waals surface area contributed by atoms with Crippen molar-refractivity contribution in [1.82, 2.24) is 0 Å². The van der Waals surface area contributed by atoms with Gasteiger partial charge in [-0.1, -0.05) is 96.8 Å². The lowest BCUT2D eigenvalue weighted by atomic mass is 9.66. The van der Waals surface area contributed by atoms with Crippen LogP contribution in [0.15, 0.2) is 103 Å². The fourth-order valence-corrected chi connectivity index (χ4v) is 4.84. The number of allylic oxidation sites excluding steroid dienone is 1. The van der Waals surface area contributed by atoms with Gasteiger partial charge in [-0.05, 0) is 35.6 Å². The molecule has 4 nitrogen and oxygen atoms in total. The average Bonchev–Trinajstić information content (AvgIpc) is 2.87. The largest absolute Gasteiger partial charge is 0.298 e. The van der Waals surface area contributed by atoms with E-state index in [0.717, 1.165) is 23.0 Å². The monoisotopic (exact) mass is 435 g/mol. The average molecular weight is 436 g/mol. The van der Waals surface area contributed by atoms with Gasteiger partial charge in [0.2, 0.25) is 6.04 Å².